The number of halogens is 1. The Morgan fingerprint density at radius 3 is 2.43 bits per heavy atom. The van der Waals surface area contributed by atoms with Crippen molar-refractivity contribution in [3.05, 3.63) is 66.2 Å². The van der Waals surface area contributed by atoms with E-state index in [2.05, 4.69) is 0 Å². The van der Waals surface area contributed by atoms with Gasteiger partial charge in [-0.25, -0.2) is 0 Å². The molecule has 0 N–H and O–H groups in total. The van der Waals surface area contributed by atoms with E-state index in [0.29, 0.717) is 6.61 Å². The van der Waals surface area contributed by atoms with Crippen LogP contribution >= 0.6 is 0 Å². The van der Waals surface area contributed by atoms with Gasteiger partial charge in [-0.2, -0.15) is 0 Å². The van der Waals surface area contributed by atoms with Crippen LogP contribution in [0.4, 0.5) is 4.39 Å². The van der Waals surface area contributed by atoms with Crippen molar-refractivity contribution in [3.8, 4) is 0 Å². The average Bonchev–Trinajstić information content (AvgIpc) is 3.08. The fourth-order valence-electron chi connectivity index (χ4n) is 3.20. The summed E-state index contributed by atoms with van der Waals surface area (Å²) >= 11 is -0.531. The molecule has 2 aromatic carbocycles. The van der Waals surface area contributed by atoms with Gasteiger partial charge in [0, 0.05) is 0 Å². The second-order valence-electron chi connectivity index (χ2n) is 5.81. The SMILES string of the molecule is O=C1N2[C@H](CO[C@@H]2c2ccccc2)CC1(F)[Se]c1ccccc1. The summed E-state index contributed by atoms with van der Waals surface area (Å²) in [6.45, 7) is 0.405. The molecule has 2 aliphatic rings. The third kappa shape index (κ3) is 2.59. The van der Waals surface area contributed by atoms with Crippen LogP contribution < -0.4 is 4.46 Å². The van der Waals surface area contributed by atoms with E-state index >= 15 is 4.39 Å². The first-order valence-electron chi connectivity index (χ1n) is 7.60. The molecule has 5 heteroatoms. The second-order valence-corrected chi connectivity index (χ2v) is 8.59. The quantitative estimate of drug-likeness (QED) is 0.768. The Labute approximate surface area is 140 Å². The zero-order valence-electron chi connectivity index (χ0n) is 12.4. The van der Waals surface area contributed by atoms with Crippen molar-refractivity contribution in [2.24, 2.45) is 0 Å². The fourth-order valence-corrected chi connectivity index (χ4v) is 5.58. The van der Waals surface area contributed by atoms with Crippen LogP contribution in [0.2, 0.25) is 0 Å². The fraction of sp³-hybridized carbons (Fsp3) is 0.278. The topological polar surface area (TPSA) is 29.5 Å². The van der Waals surface area contributed by atoms with Crippen molar-refractivity contribution in [1.82, 2.24) is 4.90 Å². The number of amides is 1. The maximum absolute atomic E-state index is 15.4. The molecule has 1 amide bonds. The number of alkyl halides is 1. The Hall–Kier alpha value is -1.68. The molecule has 3 atom stereocenters. The van der Waals surface area contributed by atoms with Crippen molar-refractivity contribution in [3.63, 3.8) is 0 Å². The first-order valence-corrected chi connectivity index (χ1v) is 9.31. The van der Waals surface area contributed by atoms with Crippen molar-refractivity contribution in [2.45, 2.75) is 23.3 Å². The first kappa shape index (κ1) is 14.9. The number of ether oxygens (including phenoxy) is 1. The molecule has 2 heterocycles. The summed E-state index contributed by atoms with van der Waals surface area (Å²) in [4.78, 5) is 14.4. The third-order valence-electron chi connectivity index (χ3n) is 4.25. The van der Waals surface area contributed by atoms with Gasteiger partial charge in [-0.1, -0.05) is 0 Å². The molecular weight excluding hydrogens is 360 g/mol. The number of benzene rings is 2. The molecule has 4 rings (SSSR count). The molecule has 1 unspecified atom stereocenters. The Bertz CT molecular complexity index is 711. The molecule has 0 aromatic heterocycles. The molecule has 2 aromatic rings. The van der Waals surface area contributed by atoms with Gasteiger partial charge in [0.05, 0.1) is 0 Å². The number of nitrogens with zero attached hydrogens (tertiary/aromatic N) is 1. The van der Waals surface area contributed by atoms with Crippen molar-refractivity contribution >= 4 is 25.3 Å². The van der Waals surface area contributed by atoms with Crippen molar-refractivity contribution < 1.29 is 13.9 Å². The van der Waals surface area contributed by atoms with Gasteiger partial charge in [0.25, 0.3) is 0 Å². The van der Waals surface area contributed by atoms with Gasteiger partial charge in [0.15, 0.2) is 0 Å². The van der Waals surface area contributed by atoms with E-state index in [1.165, 1.54) is 0 Å². The van der Waals surface area contributed by atoms with E-state index in [-0.39, 0.29) is 12.5 Å². The van der Waals surface area contributed by atoms with E-state index in [1.54, 1.807) is 4.90 Å². The first-order chi connectivity index (χ1) is 11.2. The Morgan fingerprint density at radius 2 is 1.74 bits per heavy atom. The Morgan fingerprint density at radius 1 is 1.09 bits per heavy atom. The minimum atomic E-state index is -1.77. The molecule has 2 fully saturated rings. The summed E-state index contributed by atoms with van der Waals surface area (Å²) < 4.78 is 20.3. The van der Waals surface area contributed by atoms with Crippen molar-refractivity contribution in [1.29, 1.82) is 0 Å². The molecule has 23 heavy (non-hydrogen) atoms. The predicted octanol–water partition coefficient (Wildman–Crippen LogP) is 2.01. The summed E-state index contributed by atoms with van der Waals surface area (Å²) in [7, 11) is 0. The summed E-state index contributed by atoms with van der Waals surface area (Å²) in [6.07, 6.45) is -0.234. The van der Waals surface area contributed by atoms with Crippen LogP contribution in [-0.4, -0.2) is 43.0 Å². The van der Waals surface area contributed by atoms with Crippen LogP contribution in [0.25, 0.3) is 0 Å². The van der Waals surface area contributed by atoms with E-state index in [9.17, 15) is 4.79 Å². The van der Waals surface area contributed by atoms with Crippen LogP contribution in [0, 0.1) is 0 Å². The molecule has 118 valence electrons. The molecular formula is C18H16FNO2Se. The number of hydrogen-bond donors (Lipinski definition) is 0. The zero-order chi connectivity index (χ0) is 15.9. The minimum absolute atomic E-state index is 0.164. The third-order valence-corrected chi connectivity index (χ3v) is 6.71. The van der Waals surface area contributed by atoms with E-state index in [4.69, 9.17) is 4.74 Å². The van der Waals surface area contributed by atoms with Gasteiger partial charge in [-0.3, -0.25) is 0 Å². The number of hydrogen-bond acceptors (Lipinski definition) is 2. The van der Waals surface area contributed by atoms with Gasteiger partial charge < -0.3 is 0 Å². The van der Waals surface area contributed by atoms with Gasteiger partial charge in [-0.05, 0) is 0 Å². The van der Waals surface area contributed by atoms with Crippen LogP contribution in [0.5, 0.6) is 0 Å². The number of rotatable bonds is 3. The van der Waals surface area contributed by atoms with E-state index in [0.717, 1.165) is 10.0 Å². The number of carbonyl (C=O) groups excluding carboxylic acids is 1. The molecule has 0 bridgehead atoms. The van der Waals surface area contributed by atoms with Crippen LogP contribution in [0.3, 0.4) is 0 Å². The van der Waals surface area contributed by atoms with Crippen LogP contribution in [0.15, 0.2) is 60.7 Å². The standard InChI is InChI=1S/C18H16FNO2Se/c19-18(23-15-9-5-2-6-10-15)11-14-12-22-16(20(14)17(18)21)13-7-3-1-4-8-13/h1-10,14,16H,11-12H2/t14-,16+,18?/m0/s1. The molecule has 3 nitrogen and oxygen atoms in total. The molecule has 2 saturated heterocycles. The normalized spacial score (nSPS) is 29.8. The summed E-state index contributed by atoms with van der Waals surface area (Å²) in [5.41, 5.74) is 0.903. The second kappa shape index (κ2) is 5.75. The van der Waals surface area contributed by atoms with Gasteiger partial charge in [0.2, 0.25) is 0 Å². The van der Waals surface area contributed by atoms with E-state index < -0.39 is 31.7 Å². The monoisotopic (exact) mass is 377 g/mol. The van der Waals surface area contributed by atoms with E-state index in [1.807, 2.05) is 60.7 Å². The van der Waals surface area contributed by atoms with Gasteiger partial charge in [0.1, 0.15) is 0 Å². The summed E-state index contributed by atoms with van der Waals surface area (Å²) in [5.74, 6) is -0.419. The average molecular weight is 376 g/mol. The molecule has 0 spiro atoms. The molecule has 0 aliphatic carbocycles. The predicted molar refractivity (Wildman–Crippen MR) is 86.1 cm³/mol. The Kier molecular flexibility index (Phi) is 3.72. The molecule has 2 aliphatic heterocycles. The Balaban J connectivity index is 1.60. The molecule has 0 saturated carbocycles. The summed E-state index contributed by atoms with van der Waals surface area (Å²) in [6, 6.07) is 18.9. The van der Waals surface area contributed by atoms with Crippen LogP contribution in [-0.2, 0) is 9.53 Å². The number of carbonyl (C=O) groups is 1. The summed E-state index contributed by atoms with van der Waals surface area (Å²) in [5, 5.41) is 0. The van der Waals surface area contributed by atoms with Crippen molar-refractivity contribution in [2.75, 3.05) is 6.61 Å². The van der Waals surface area contributed by atoms with Gasteiger partial charge >= 0.3 is 140 Å². The zero-order valence-corrected chi connectivity index (χ0v) is 14.1. The maximum atomic E-state index is 15.4. The van der Waals surface area contributed by atoms with Crippen LogP contribution in [0.1, 0.15) is 18.2 Å². The van der Waals surface area contributed by atoms with Gasteiger partial charge in [-0.15, -0.1) is 0 Å². The molecule has 0 radical (unpaired) electrons. The number of fused-ring (bicyclic) bond motifs is 1.